The van der Waals surface area contributed by atoms with Crippen LogP contribution in [0.4, 0.5) is 0 Å². The minimum absolute atomic E-state index is 0.117. The standard InChI is InChI=1S/C23H19ClN4O3S/c1-27(14-18-12-13-19(24)32-18)20(29)15-31-23(30)21-25-22(16-8-4-2-5-9-16)28(26-21)17-10-6-3-7-11-17/h2-13H,14-15H2,1H3. The Labute approximate surface area is 193 Å². The third-order valence-electron chi connectivity index (χ3n) is 4.60. The molecule has 4 aromatic rings. The molecule has 2 aromatic carbocycles. The van der Waals surface area contributed by atoms with Crippen LogP contribution in [0, 0.1) is 0 Å². The zero-order chi connectivity index (χ0) is 22.5. The zero-order valence-electron chi connectivity index (χ0n) is 17.1. The molecule has 4 rings (SSSR count). The van der Waals surface area contributed by atoms with Crippen LogP contribution in [-0.4, -0.2) is 45.2 Å². The number of likely N-dealkylation sites (N-methyl/N-ethyl adjacent to an activating group) is 1. The summed E-state index contributed by atoms with van der Waals surface area (Å²) in [4.78, 5) is 31.8. The summed E-state index contributed by atoms with van der Waals surface area (Å²) in [7, 11) is 1.64. The van der Waals surface area contributed by atoms with Gasteiger partial charge in [-0.3, -0.25) is 4.79 Å². The number of carbonyl (C=O) groups excluding carboxylic acids is 2. The number of amides is 1. The summed E-state index contributed by atoms with van der Waals surface area (Å²) < 4.78 is 7.44. The second-order valence-corrected chi connectivity index (χ2v) is 8.70. The maximum atomic E-state index is 12.6. The van der Waals surface area contributed by atoms with Gasteiger partial charge in [0.1, 0.15) is 0 Å². The third-order valence-corrected chi connectivity index (χ3v) is 5.81. The van der Waals surface area contributed by atoms with Crippen LogP contribution in [0.5, 0.6) is 0 Å². The van der Waals surface area contributed by atoms with Crippen molar-refractivity contribution < 1.29 is 14.3 Å². The topological polar surface area (TPSA) is 77.3 Å². The lowest BCUT2D eigenvalue weighted by molar-refractivity contribution is -0.133. The number of rotatable bonds is 7. The van der Waals surface area contributed by atoms with E-state index in [0.29, 0.717) is 16.7 Å². The van der Waals surface area contributed by atoms with E-state index in [1.54, 1.807) is 17.8 Å². The zero-order valence-corrected chi connectivity index (χ0v) is 18.7. The summed E-state index contributed by atoms with van der Waals surface area (Å²) in [6.45, 7) is -0.0260. The maximum Gasteiger partial charge on any atom is 0.378 e. The van der Waals surface area contributed by atoms with Crippen LogP contribution in [0.15, 0.2) is 72.8 Å². The minimum Gasteiger partial charge on any atom is -0.450 e. The molecule has 0 bridgehead atoms. The average molecular weight is 467 g/mol. The molecule has 32 heavy (non-hydrogen) atoms. The summed E-state index contributed by atoms with van der Waals surface area (Å²) in [5, 5.41) is 4.34. The molecule has 0 aliphatic heterocycles. The molecule has 0 fully saturated rings. The first-order valence-electron chi connectivity index (χ1n) is 9.74. The van der Waals surface area contributed by atoms with Crippen LogP contribution in [0.3, 0.4) is 0 Å². The van der Waals surface area contributed by atoms with Crippen molar-refractivity contribution in [2.24, 2.45) is 0 Å². The van der Waals surface area contributed by atoms with Gasteiger partial charge in [0.05, 0.1) is 16.6 Å². The number of ether oxygens (including phenoxy) is 1. The van der Waals surface area contributed by atoms with Crippen LogP contribution in [0.25, 0.3) is 17.1 Å². The van der Waals surface area contributed by atoms with Gasteiger partial charge < -0.3 is 9.64 Å². The highest BCUT2D eigenvalue weighted by Crippen LogP contribution is 2.23. The largest absolute Gasteiger partial charge is 0.450 e. The van der Waals surface area contributed by atoms with Crippen molar-refractivity contribution in [3.8, 4) is 17.1 Å². The van der Waals surface area contributed by atoms with Gasteiger partial charge in [0, 0.05) is 17.5 Å². The van der Waals surface area contributed by atoms with Crippen molar-refractivity contribution in [1.29, 1.82) is 0 Å². The quantitative estimate of drug-likeness (QED) is 0.376. The first-order chi connectivity index (χ1) is 15.5. The van der Waals surface area contributed by atoms with Crippen molar-refractivity contribution >= 4 is 34.8 Å². The van der Waals surface area contributed by atoms with E-state index in [1.165, 1.54) is 16.2 Å². The molecule has 0 unspecified atom stereocenters. The molecule has 0 spiro atoms. The Bertz CT molecular complexity index is 1170. The Kier molecular flexibility index (Phi) is 6.63. The van der Waals surface area contributed by atoms with Gasteiger partial charge in [0.25, 0.3) is 11.7 Å². The lowest BCUT2D eigenvalue weighted by Gasteiger charge is -2.15. The number of hydrogen-bond acceptors (Lipinski definition) is 6. The van der Waals surface area contributed by atoms with E-state index in [9.17, 15) is 9.59 Å². The second-order valence-electron chi connectivity index (χ2n) is 6.90. The Balaban J connectivity index is 1.49. The van der Waals surface area contributed by atoms with Crippen LogP contribution in [0.2, 0.25) is 4.34 Å². The highest BCUT2D eigenvalue weighted by Gasteiger charge is 2.21. The summed E-state index contributed by atoms with van der Waals surface area (Å²) in [5.74, 6) is -0.721. The van der Waals surface area contributed by atoms with Crippen molar-refractivity contribution in [3.63, 3.8) is 0 Å². The minimum atomic E-state index is -0.766. The molecule has 0 saturated heterocycles. The molecule has 1 amide bonds. The van der Waals surface area contributed by atoms with E-state index in [1.807, 2.05) is 66.7 Å². The van der Waals surface area contributed by atoms with Crippen LogP contribution >= 0.6 is 22.9 Å². The van der Waals surface area contributed by atoms with Gasteiger partial charge in [-0.2, -0.15) is 0 Å². The monoisotopic (exact) mass is 466 g/mol. The molecule has 0 aliphatic carbocycles. The first kappa shape index (κ1) is 21.7. The highest BCUT2D eigenvalue weighted by atomic mass is 35.5. The molecule has 0 radical (unpaired) electrons. The Morgan fingerprint density at radius 3 is 2.38 bits per heavy atom. The van der Waals surface area contributed by atoms with Gasteiger partial charge in [0.15, 0.2) is 12.4 Å². The molecule has 0 N–H and O–H groups in total. The predicted octanol–water partition coefficient (Wildman–Crippen LogP) is 4.46. The van der Waals surface area contributed by atoms with E-state index in [4.69, 9.17) is 16.3 Å². The Morgan fingerprint density at radius 2 is 1.72 bits per heavy atom. The Morgan fingerprint density at radius 1 is 1.03 bits per heavy atom. The molecular formula is C23H19ClN4O3S. The number of benzene rings is 2. The predicted molar refractivity (Wildman–Crippen MR) is 123 cm³/mol. The molecule has 0 saturated carbocycles. The SMILES string of the molecule is CN(Cc1ccc(Cl)s1)C(=O)COC(=O)c1nc(-c2ccccc2)n(-c2ccccc2)n1. The normalized spacial score (nSPS) is 10.7. The second kappa shape index (κ2) is 9.76. The van der Waals surface area contributed by atoms with Crippen LogP contribution in [0.1, 0.15) is 15.5 Å². The molecular weight excluding hydrogens is 448 g/mol. The number of thiophene rings is 1. The molecule has 7 nitrogen and oxygen atoms in total. The van der Waals surface area contributed by atoms with Crippen molar-refractivity contribution in [1.82, 2.24) is 19.7 Å². The summed E-state index contributed by atoms with van der Waals surface area (Å²) in [6, 6.07) is 22.4. The fraction of sp³-hybridized carbons (Fsp3) is 0.130. The summed E-state index contributed by atoms with van der Waals surface area (Å²) >= 11 is 7.32. The number of aromatic nitrogens is 3. The lowest BCUT2D eigenvalue weighted by Crippen LogP contribution is -2.30. The van der Waals surface area contributed by atoms with Crippen molar-refractivity contribution in [3.05, 3.63) is 87.8 Å². The van der Waals surface area contributed by atoms with E-state index in [0.717, 1.165) is 16.1 Å². The molecule has 9 heteroatoms. The first-order valence-corrected chi connectivity index (χ1v) is 10.9. The fourth-order valence-corrected chi connectivity index (χ4v) is 4.12. The maximum absolute atomic E-state index is 12.6. The summed E-state index contributed by atoms with van der Waals surface area (Å²) in [6.07, 6.45) is 0. The van der Waals surface area contributed by atoms with E-state index in [-0.39, 0.29) is 11.7 Å². The lowest BCUT2D eigenvalue weighted by atomic mass is 10.2. The molecule has 0 aliphatic rings. The van der Waals surface area contributed by atoms with Crippen LogP contribution < -0.4 is 0 Å². The van der Waals surface area contributed by atoms with Gasteiger partial charge in [-0.25, -0.2) is 14.5 Å². The van der Waals surface area contributed by atoms with Gasteiger partial charge in [-0.15, -0.1) is 16.4 Å². The number of esters is 1. The van der Waals surface area contributed by atoms with Gasteiger partial charge in [-0.1, -0.05) is 60.1 Å². The molecule has 162 valence electrons. The van der Waals surface area contributed by atoms with Gasteiger partial charge >= 0.3 is 5.97 Å². The smallest absolute Gasteiger partial charge is 0.378 e. The molecule has 0 atom stereocenters. The highest BCUT2D eigenvalue weighted by molar-refractivity contribution is 7.16. The summed E-state index contributed by atoms with van der Waals surface area (Å²) in [5.41, 5.74) is 1.55. The van der Waals surface area contributed by atoms with Crippen LogP contribution in [-0.2, 0) is 16.1 Å². The number of nitrogens with zero attached hydrogens (tertiary/aromatic N) is 4. The molecule has 2 aromatic heterocycles. The number of para-hydroxylation sites is 1. The molecule has 2 heterocycles. The third kappa shape index (κ3) is 5.04. The fourth-order valence-electron chi connectivity index (χ4n) is 2.98. The van der Waals surface area contributed by atoms with E-state index < -0.39 is 12.6 Å². The van der Waals surface area contributed by atoms with Gasteiger partial charge in [-0.05, 0) is 24.3 Å². The number of carbonyl (C=O) groups is 2. The van der Waals surface area contributed by atoms with E-state index in [2.05, 4.69) is 10.1 Å². The Hall–Kier alpha value is -3.49. The van der Waals surface area contributed by atoms with Gasteiger partial charge in [0.2, 0.25) is 0 Å². The van der Waals surface area contributed by atoms with Crippen molar-refractivity contribution in [2.45, 2.75) is 6.54 Å². The van der Waals surface area contributed by atoms with Crippen molar-refractivity contribution in [2.75, 3.05) is 13.7 Å². The number of hydrogen-bond donors (Lipinski definition) is 0. The average Bonchev–Trinajstić information content (AvgIpc) is 3.45. The van der Waals surface area contributed by atoms with E-state index >= 15 is 0 Å². The number of halogens is 1.